The lowest BCUT2D eigenvalue weighted by molar-refractivity contribution is 0.285. The lowest BCUT2D eigenvalue weighted by Crippen LogP contribution is -2.12. The molecule has 0 spiro atoms. The second-order valence-corrected chi connectivity index (χ2v) is 10.2. The zero-order chi connectivity index (χ0) is 23.0. The average molecular weight is 477 g/mol. The van der Waals surface area contributed by atoms with Crippen LogP contribution in [0.25, 0.3) is 0 Å². The Bertz CT molecular complexity index is 1080. The topological polar surface area (TPSA) is 109 Å². The SMILES string of the molecule is CC(C)CCn1c(COc2ccccc2)nnc1SCCOc1ccc(S(N)(=O)=O)cc1. The van der Waals surface area contributed by atoms with E-state index in [0.717, 1.165) is 29.7 Å². The van der Waals surface area contributed by atoms with Crippen molar-refractivity contribution in [2.45, 2.75) is 43.5 Å². The van der Waals surface area contributed by atoms with Crippen LogP contribution in [0.2, 0.25) is 0 Å². The van der Waals surface area contributed by atoms with Crippen molar-refractivity contribution in [2.75, 3.05) is 12.4 Å². The van der Waals surface area contributed by atoms with Gasteiger partial charge >= 0.3 is 0 Å². The first-order chi connectivity index (χ1) is 15.3. The molecule has 0 aliphatic rings. The van der Waals surface area contributed by atoms with Crippen LogP contribution in [0.5, 0.6) is 11.5 Å². The van der Waals surface area contributed by atoms with Crippen LogP contribution >= 0.6 is 11.8 Å². The van der Waals surface area contributed by atoms with E-state index in [1.165, 1.54) is 12.1 Å². The molecular formula is C22H28N4O4S2. The van der Waals surface area contributed by atoms with Gasteiger partial charge in [-0.15, -0.1) is 10.2 Å². The van der Waals surface area contributed by atoms with Crippen molar-refractivity contribution in [2.24, 2.45) is 11.1 Å². The van der Waals surface area contributed by atoms with Gasteiger partial charge in [-0.3, -0.25) is 0 Å². The minimum absolute atomic E-state index is 0.0581. The highest BCUT2D eigenvalue weighted by Gasteiger charge is 2.14. The molecule has 0 bridgehead atoms. The van der Waals surface area contributed by atoms with Gasteiger partial charge in [-0.25, -0.2) is 13.6 Å². The fourth-order valence-electron chi connectivity index (χ4n) is 2.83. The molecule has 0 amide bonds. The Morgan fingerprint density at radius 3 is 2.34 bits per heavy atom. The summed E-state index contributed by atoms with van der Waals surface area (Å²) >= 11 is 1.56. The Morgan fingerprint density at radius 1 is 1.00 bits per heavy atom. The molecule has 2 aromatic carbocycles. The Balaban J connectivity index is 1.56. The van der Waals surface area contributed by atoms with E-state index in [4.69, 9.17) is 14.6 Å². The number of ether oxygens (including phenoxy) is 2. The molecule has 0 fully saturated rings. The lowest BCUT2D eigenvalue weighted by atomic mass is 10.1. The maximum Gasteiger partial charge on any atom is 0.238 e. The van der Waals surface area contributed by atoms with E-state index in [1.807, 2.05) is 30.3 Å². The van der Waals surface area contributed by atoms with Gasteiger partial charge in [0.05, 0.1) is 11.5 Å². The molecule has 0 radical (unpaired) electrons. The summed E-state index contributed by atoms with van der Waals surface area (Å²) in [7, 11) is -3.71. The first kappa shape index (κ1) is 24.1. The standard InChI is InChI=1S/C22H28N4O4S2/c1-17(2)12-13-26-21(16-30-18-6-4-3-5-7-18)24-25-22(26)31-15-14-29-19-8-10-20(11-9-19)32(23,27)28/h3-11,17H,12-16H2,1-2H3,(H2,23,27,28). The Labute approximate surface area is 193 Å². The molecule has 0 aliphatic heterocycles. The molecule has 3 rings (SSSR count). The number of nitrogens with zero attached hydrogens (tertiary/aromatic N) is 3. The smallest absolute Gasteiger partial charge is 0.238 e. The molecule has 0 saturated heterocycles. The molecule has 1 heterocycles. The minimum atomic E-state index is -3.71. The summed E-state index contributed by atoms with van der Waals surface area (Å²) in [5, 5.41) is 14.6. The maximum absolute atomic E-state index is 11.3. The highest BCUT2D eigenvalue weighted by atomic mass is 32.2. The van der Waals surface area contributed by atoms with Crippen LogP contribution in [0.4, 0.5) is 0 Å². The van der Waals surface area contributed by atoms with Crippen molar-refractivity contribution >= 4 is 21.8 Å². The second-order valence-electron chi connectivity index (χ2n) is 7.55. The summed E-state index contributed by atoms with van der Waals surface area (Å²) in [4.78, 5) is 0.0581. The van der Waals surface area contributed by atoms with Crippen molar-refractivity contribution in [3.63, 3.8) is 0 Å². The number of nitrogens with two attached hydrogens (primary N) is 1. The first-order valence-electron chi connectivity index (χ1n) is 10.3. The zero-order valence-electron chi connectivity index (χ0n) is 18.2. The molecule has 0 unspecified atom stereocenters. The summed E-state index contributed by atoms with van der Waals surface area (Å²) in [6, 6.07) is 15.7. The molecular weight excluding hydrogens is 448 g/mol. The van der Waals surface area contributed by atoms with Gasteiger partial charge in [0.1, 0.15) is 18.1 Å². The first-order valence-corrected chi connectivity index (χ1v) is 12.8. The summed E-state index contributed by atoms with van der Waals surface area (Å²) in [6.45, 7) is 5.98. The van der Waals surface area contributed by atoms with E-state index in [2.05, 4.69) is 28.6 Å². The second kappa shape index (κ2) is 11.3. The molecule has 8 nitrogen and oxygen atoms in total. The summed E-state index contributed by atoms with van der Waals surface area (Å²) in [6.07, 6.45) is 1.01. The van der Waals surface area contributed by atoms with E-state index in [0.29, 0.717) is 30.6 Å². The highest BCUT2D eigenvalue weighted by Crippen LogP contribution is 2.21. The van der Waals surface area contributed by atoms with Crippen LogP contribution in [-0.4, -0.2) is 35.5 Å². The van der Waals surface area contributed by atoms with Crippen molar-refractivity contribution < 1.29 is 17.9 Å². The average Bonchev–Trinajstić information content (AvgIpc) is 3.16. The third-order valence-electron chi connectivity index (χ3n) is 4.57. The minimum Gasteiger partial charge on any atom is -0.493 e. The molecule has 0 aliphatic carbocycles. The summed E-state index contributed by atoms with van der Waals surface area (Å²) < 4.78 is 36.3. The third-order valence-corrected chi connectivity index (χ3v) is 6.43. The molecule has 0 saturated carbocycles. The highest BCUT2D eigenvalue weighted by molar-refractivity contribution is 7.99. The van der Waals surface area contributed by atoms with Crippen molar-refractivity contribution in [1.82, 2.24) is 14.8 Å². The van der Waals surface area contributed by atoms with Crippen LogP contribution in [0.1, 0.15) is 26.1 Å². The largest absolute Gasteiger partial charge is 0.493 e. The number of hydrogen-bond acceptors (Lipinski definition) is 7. The number of para-hydroxylation sites is 1. The Kier molecular flexibility index (Phi) is 8.54. The molecule has 32 heavy (non-hydrogen) atoms. The van der Waals surface area contributed by atoms with E-state index in [-0.39, 0.29) is 4.90 Å². The Morgan fingerprint density at radius 2 is 1.69 bits per heavy atom. The number of hydrogen-bond donors (Lipinski definition) is 1. The van der Waals surface area contributed by atoms with Gasteiger partial charge in [0.25, 0.3) is 0 Å². The molecule has 0 atom stereocenters. The quantitative estimate of drug-likeness (QED) is 0.313. The molecule has 2 N–H and O–H groups in total. The van der Waals surface area contributed by atoms with Crippen LogP contribution < -0.4 is 14.6 Å². The van der Waals surface area contributed by atoms with E-state index >= 15 is 0 Å². The zero-order valence-corrected chi connectivity index (χ0v) is 19.8. The predicted molar refractivity (Wildman–Crippen MR) is 124 cm³/mol. The third kappa shape index (κ3) is 7.25. The van der Waals surface area contributed by atoms with Crippen molar-refractivity contribution in [3.8, 4) is 11.5 Å². The van der Waals surface area contributed by atoms with Crippen LogP contribution in [0.15, 0.2) is 64.6 Å². The lowest BCUT2D eigenvalue weighted by Gasteiger charge is -2.12. The van der Waals surface area contributed by atoms with E-state index in [9.17, 15) is 8.42 Å². The van der Waals surface area contributed by atoms with Crippen LogP contribution in [0, 0.1) is 5.92 Å². The number of rotatable bonds is 12. The van der Waals surface area contributed by atoms with Gasteiger partial charge in [0.2, 0.25) is 10.0 Å². The molecule has 1 aromatic heterocycles. The Hall–Kier alpha value is -2.56. The maximum atomic E-state index is 11.3. The van der Waals surface area contributed by atoms with Gasteiger partial charge in [0, 0.05) is 12.3 Å². The number of primary sulfonamides is 1. The normalized spacial score (nSPS) is 11.6. The van der Waals surface area contributed by atoms with Gasteiger partial charge in [-0.1, -0.05) is 43.8 Å². The van der Waals surface area contributed by atoms with Crippen LogP contribution in [-0.2, 0) is 23.2 Å². The number of aromatic nitrogens is 3. The van der Waals surface area contributed by atoms with Gasteiger partial charge in [-0.05, 0) is 48.7 Å². The monoisotopic (exact) mass is 476 g/mol. The number of thioether (sulfide) groups is 1. The predicted octanol–water partition coefficient (Wildman–Crippen LogP) is 3.72. The van der Waals surface area contributed by atoms with E-state index < -0.39 is 10.0 Å². The summed E-state index contributed by atoms with van der Waals surface area (Å²) in [5.74, 6) is 3.38. The molecule has 172 valence electrons. The molecule has 3 aromatic rings. The van der Waals surface area contributed by atoms with Crippen LogP contribution in [0.3, 0.4) is 0 Å². The van der Waals surface area contributed by atoms with Crippen molar-refractivity contribution in [1.29, 1.82) is 0 Å². The van der Waals surface area contributed by atoms with Gasteiger partial charge in [-0.2, -0.15) is 0 Å². The van der Waals surface area contributed by atoms with Gasteiger partial charge < -0.3 is 14.0 Å². The van der Waals surface area contributed by atoms with Gasteiger partial charge in [0.15, 0.2) is 11.0 Å². The molecule has 10 heteroatoms. The summed E-state index contributed by atoms with van der Waals surface area (Å²) in [5.41, 5.74) is 0. The number of sulfonamides is 1. The van der Waals surface area contributed by atoms with E-state index in [1.54, 1.807) is 23.9 Å². The fraction of sp³-hybridized carbons (Fsp3) is 0.364. The fourth-order valence-corrected chi connectivity index (χ4v) is 4.14. The number of benzene rings is 2. The van der Waals surface area contributed by atoms with Crippen molar-refractivity contribution in [3.05, 3.63) is 60.4 Å².